The lowest BCUT2D eigenvalue weighted by atomic mass is 10.0. The first kappa shape index (κ1) is 24.0. The van der Waals surface area contributed by atoms with Crippen molar-refractivity contribution in [2.45, 2.75) is 90.9 Å². The highest BCUT2D eigenvalue weighted by atomic mass is 16.5. The second-order valence-corrected chi connectivity index (χ2v) is 8.65. The van der Waals surface area contributed by atoms with Gasteiger partial charge >= 0.3 is 5.97 Å². The van der Waals surface area contributed by atoms with E-state index in [1.807, 2.05) is 18.2 Å². The predicted molar refractivity (Wildman–Crippen MR) is 131 cm³/mol. The van der Waals surface area contributed by atoms with Crippen molar-refractivity contribution in [1.82, 2.24) is 4.98 Å². The van der Waals surface area contributed by atoms with Gasteiger partial charge in [-0.05, 0) is 61.2 Å². The predicted octanol–water partition coefficient (Wildman–Crippen LogP) is 8.27. The Morgan fingerprint density at radius 2 is 1.53 bits per heavy atom. The molecular formula is C28H37NO3. The molecule has 0 saturated carbocycles. The van der Waals surface area contributed by atoms with Gasteiger partial charge in [0.2, 0.25) is 5.89 Å². The maximum Gasteiger partial charge on any atom is 0.311 e. The second kappa shape index (κ2) is 13.0. The summed E-state index contributed by atoms with van der Waals surface area (Å²) in [5.41, 5.74) is 3.89. The summed E-state index contributed by atoms with van der Waals surface area (Å²) >= 11 is 0. The lowest BCUT2D eigenvalue weighted by Crippen LogP contribution is -2.07. The largest absolute Gasteiger partial charge is 0.436 e. The number of carbonyl (C=O) groups is 1. The molecule has 2 aromatic carbocycles. The van der Waals surface area contributed by atoms with E-state index in [0.29, 0.717) is 18.1 Å². The fourth-order valence-electron chi connectivity index (χ4n) is 3.91. The van der Waals surface area contributed by atoms with Gasteiger partial charge in [-0.1, -0.05) is 71.3 Å². The van der Waals surface area contributed by atoms with E-state index < -0.39 is 0 Å². The van der Waals surface area contributed by atoms with Crippen molar-refractivity contribution in [1.29, 1.82) is 0 Å². The molecular weight excluding hydrogens is 398 g/mol. The average molecular weight is 436 g/mol. The van der Waals surface area contributed by atoms with E-state index in [0.717, 1.165) is 48.8 Å². The van der Waals surface area contributed by atoms with Crippen LogP contribution in [0.15, 0.2) is 46.9 Å². The fourth-order valence-corrected chi connectivity index (χ4v) is 3.91. The fraction of sp³-hybridized carbons (Fsp3) is 0.500. The van der Waals surface area contributed by atoms with Gasteiger partial charge in [-0.15, -0.1) is 0 Å². The number of oxazole rings is 1. The van der Waals surface area contributed by atoms with Gasteiger partial charge in [0.15, 0.2) is 5.58 Å². The molecule has 32 heavy (non-hydrogen) atoms. The summed E-state index contributed by atoms with van der Waals surface area (Å²) in [5, 5.41) is 0. The molecule has 0 spiro atoms. The van der Waals surface area contributed by atoms with Crippen molar-refractivity contribution in [2.24, 2.45) is 0 Å². The number of hydrogen-bond donors (Lipinski definition) is 0. The first-order valence-electron chi connectivity index (χ1n) is 12.4. The maximum absolute atomic E-state index is 12.0. The molecule has 172 valence electrons. The van der Waals surface area contributed by atoms with Crippen LogP contribution < -0.4 is 4.74 Å². The number of aromatic nitrogens is 1. The quantitative estimate of drug-likeness (QED) is 0.145. The third-order valence-corrected chi connectivity index (χ3v) is 5.84. The number of nitrogens with zero attached hydrogens (tertiary/aromatic N) is 1. The molecule has 1 heterocycles. The van der Waals surface area contributed by atoms with Crippen LogP contribution in [0.5, 0.6) is 5.75 Å². The summed E-state index contributed by atoms with van der Waals surface area (Å²) < 4.78 is 11.4. The highest BCUT2D eigenvalue weighted by molar-refractivity contribution is 5.77. The molecule has 0 aliphatic rings. The van der Waals surface area contributed by atoms with E-state index in [-0.39, 0.29) is 5.97 Å². The first-order valence-corrected chi connectivity index (χ1v) is 12.4. The monoisotopic (exact) mass is 435 g/mol. The van der Waals surface area contributed by atoms with Crippen molar-refractivity contribution in [3.63, 3.8) is 0 Å². The zero-order valence-electron chi connectivity index (χ0n) is 19.7. The second-order valence-electron chi connectivity index (χ2n) is 8.65. The third kappa shape index (κ3) is 7.51. The minimum absolute atomic E-state index is 0.173. The number of benzene rings is 2. The number of unbranched alkanes of at least 4 members (excludes halogenated alkanes) is 8. The molecule has 0 amide bonds. The maximum atomic E-state index is 12.0. The molecule has 0 N–H and O–H groups in total. The number of ether oxygens (including phenoxy) is 1. The zero-order valence-corrected chi connectivity index (χ0v) is 19.7. The Morgan fingerprint density at radius 1 is 0.844 bits per heavy atom. The molecule has 4 nitrogen and oxygen atoms in total. The molecule has 0 fully saturated rings. The van der Waals surface area contributed by atoms with E-state index in [1.165, 1.54) is 44.1 Å². The topological polar surface area (TPSA) is 52.3 Å². The summed E-state index contributed by atoms with van der Waals surface area (Å²) in [6.07, 6.45) is 13.6. The Labute approximate surface area is 192 Å². The van der Waals surface area contributed by atoms with Crippen LogP contribution in [0.3, 0.4) is 0 Å². The molecule has 3 rings (SSSR count). The number of carbonyl (C=O) groups excluding carboxylic acids is 1. The van der Waals surface area contributed by atoms with E-state index in [1.54, 1.807) is 12.1 Å². The van der Waals surface area contributed by atoms with Gasteiger partial charge in [0.1, 0.15) is 11.3 Å². The van der Waals surface area contributed by atoms with Crippen molar-refractivity contribution in [3.8, 4) is 17.2 Å². The van der Waals surface area contributed by atoms with Crippen molar-refractivity contribution < 1.29 is 13.9 Å². The summed E-state index contributed by atoms with van der Waals surface area (Å²) in [7, 11) is 0. The van der Waals surface area contributed by atoms with Crippen LogP contribution in [0.4, 0.5) is 0 Å². The summed E-state index contributed by atoms with van der Waals surface area (Å²) in [5.74, 6) is 0.981. The summed E-state index contributed by atoms with van der Waals surface area (Å²) in [6.45, 7) is 4.41. The number of esters is 1. The molecule has 0 atom stereocenters. The van der Waals surface area contributed by atoms with Gasteiger partial charge < -0.3 is 9.15 Å². The molecule has 1 aromatic heterocycles. The Kier molecular flexibility index (Phi) is 9.80. The van der Waals surface area contributed by atoms with E-state index in [2.05, 4.69) is 31.0 Å². The Morgan fingerprint density at radius 3 is 2.28 bits per heavy atom. The van der Waals surface area contributed by atoms with Crippen LogP contribution >= 0.6 is 0 Å². The lowest BCUT2D eigenvalue weighted by molar-refractivity contribution is -0.134. The summed E-state index contributed by atoms with van der Waals surface area (Å²) in [6, 6.07) is 13.7. The number of aryl methyl sites for hydroxylation is 1. The van der Waals surface area contributed by atoms with Gasteiger partial charge in [0, 0.05) is 12.0 Å². The zero-order chi connectivity index (χ0) is 22.6. The highest BCUT2D eigenvalue weighted by Gasteiger charge is 2.10. The van der Waals surface area contributed by atoms with Crippen LogP contribution in [0.1, 0.15) is 90.0 Å². The first-order chi connectivity index (χ1) is 15.7. The molecule has 3 aromatic rings. The highest BCUT2D eigenvalue weighted by Crippen LogP contribution is 2.27. The Hall–Kier alpha value is -2.62. The lowest BCUT2D eigenvalue weighted by Gasteiger charge is -2.04. The van der Waals surface area contributed by atoms with Crippen LogP contribution in [-0.4, -0.2) is 11.0 Å². The number of hydrogen-bond acceptors (Lipinski definition) is 4. The Balaban J connectivity index is 1.54. The minimum Gasteiger partial charge on any atom is -0.436 e. The van der Waals surface area contributed by atoms with Gasteiger partial charge in [-0.25, -0.2) is 4.98 Å². The standard InChI is InChI=1S/C28H37NO3/c1-3-5-7-9-10-11-13-22-15-20-26-25(21-22)29-28(32-26)23-16-18-24(19-17-23)31-27(30)14-12-8-6-4-2/h15-21H,3-14H2,1-2H3. The minimum atomic E-state index is -0.173. The third-order valence-electron chi connectivity index (χ3n) is 5.84. The van der Waals surface area contributed by atoms with Crippen LogP contribution in [0.2, 0.25) is 0 Å². The number of rotatable bonds is 14. The number of fused-ring (bicyclic) bond motifs is 1. The molecule has 0 aliphatic heterocycles. The van der Waals surface area contributed by atoms with E-state index >= 15 is 0 Å². The SMILES string of the molecule is CCCCCCCCc1ccc2oc(-c3ccc(OC(=O)CCCCCC)cc3)nc2c1. The normalized spacial score (nSPS) is 11.2. The molecule has 0 radical (unpaired) electrons. The van der Waals surface area contributed by atoms with Crippen molar-refractivity contribution >= 4 is 17.1 Å². The van der Waals surface area contributed by atoms with Gasteiger partial charge in [-0.2, -0.15) is 0 Å². The average Bonchev–Trinajstić information content (AvgIpc) is 3.23. The van der Waals surface area contributed by atoms with Crippen LogP contribution in [0.25, 0.3) is 22.6 Å². The Bertz CT molecular complexity index is 958. The molecule has 4 heteroatoms. The molecule has 0 saturated heterocycles. The molecule has 0 unspecified atom stereocenters. The van der Waals surface area contributed by atoms with Gasteiger partial charge in [0.05, 0.1) is 0 Å². The molecule has 0 bridgehead atoms. The smallest absolute Gasteiger partial charge is 0.311 e. The summed E-state index contributed by atoms with van der Waals surface area (Å²) in [4.78, 5) is 16.7. The van der Waals surface area contributed by atoms with Crippen LogP contribution in [-0.2, 0) is 11.2 Å². The van der Waals surface area contributed by atoms with Crippen molar-refractivity contribution in [3.05, 3.63) is 48.0 Å². The van der Waals surface area contributed by atoms with E-state index in [9.17, 15) is 4.79 Å². The van der Waals surface area contributed by atoms with Crippen molar-refractivity contribution in [2.75, 3.05) is 0 Å². The van der Waals surface area contributed by atoms with Gasteiger partial charge in [0.25, 0.3) is 0 Å². The van der Waals surface area contributed by atoms with Crippen LogP contribution in [0, 0.1) is 0 Å². The van der Waals surface area contributed by atoms with E-state index in [4.69, 9.17) is 9.15 Å². The van der Waals surface area contributed by atoms with Gasteiger partial charge in [-0.3, -0.25) is 4.79 Å². The molecule has 0 aliphatic carbocycles.